The first-order valence-electron chi connectivity index (χ1n) is 8.06. The molecule has 0 radical (unpaired) electrons. The Bertz CT molecular complexity index is 977. The molecule has 0 amide bonds. The van der Waals surface area contributed by atoms with Crippen molar-refractivity contribution in [2.24, 2.45) is 0 Å². The van der Waals surface area contributed by atoms with Crippen LogP contribution < -0.4 is 44.1 Å². The van der Waals surface area contributed by atoms with Gasteiger partial charge in [0.05, 0.1) is 16.0 Å². The van der Waals surface area contributed by atoms with Gasteiger partial charge in [-0.05, 0) is 36.3 Å². The molecule has 1 aliphatic heterocycles. The maximum atomic E-state index is 13.2. The molecule has 0 fully saturated rings. The number of fused-ring (bicyclic) bond motifs is 1. The normalized spacial score (nSPS) is 15.5. The molecule has 1 unspecified atom stereocenters. The molecule has 1 atom stereocenters. The zero-order chi connectivity index (χ0) is 20.6. The molecule has 3 rings (SSSR count). The summed E-state index contributed by atoms with van der Waals surface area (Å²) >= 11 is 12.3. The smallest absolute Gasteiger partial charge is 0.545 e. The minimum Gasteiger partial charge on any atom is -0.545 e. The summed E-state index contributed by atoms with van der Waals surface area (Å²) in [6, 6.07) is 7.51. The fourth-order valence-corrected chi connectivity index (χ4v) is 3.10. The van der Waals surface area contributed by atoms with Crippen LogP contribution in [0.25, 0.3) is 6.08 Å². The Balaban J connectivity index is 0.00000300. The Kier molecular flexibility index (Phi) is 7.57. The molecule has 148 valence electrons. The Morgan fingerprint density at radius 2 is 1.83 bits per heavy atom. The fourth-order valence-electron chi connectivity index (χ4n) is 2.65. The third-order valence-corrected chi connectivity index (χ3v) is 4.65. The van der Waals surface area contributed by atoms with Gasteiger partial charge in [0.25, 0.3) is 0 Å². The van der Waals surface area contributed by atoms with E-state index in [1.165, 1.54) is 6.07 Å². The number of carbonyl (C=O) groups is 1. The Hall–Kier alpha value is -1.38. The van der Waals surface area contributed by atoms with Crippen molar-refractivity contribution in [1.82, 2.24) is 0 Å². The standard InChI is InChI=1S/C19H13Cl2F3O4.Na/c1-2-9-3-4-14(12(20)5-9)27-16-8-15-10(7-13(16)21)6-11(18(25)26)17(28-15)19(22,23)24;/h3-8,17H,2H2,1H3,(H,25,26);/q;+1/p-1. The van der Waals surface area contributed by atoms with E-state index < -0.39 is 23.8 Å². The van der Waals surface area contributed by atoms with Gasteiger partial charge in [0, 0.05) is 17.2 Å². The molecule has 0 aliphatic carbocycles. The topological polar surface area (TPSA) is 58.6 Å². The predicted molar refractivity (Wildman–Crippen MR) is 95.8 cm³/mol. The van der Waals surface area contributed by atoms with E-state index in [9.17, 15) is 23.1 Å². The summed E-state index contributed by atoms with van der Waals surface area (Å²) in [5.41, 5.74) is -0.00222. The maximum absolute atomic E-state index is 13.2. The van der Waals surface area contributed by atoms with Crippen molar-refractivity contribution in [3.8, 4) is 17.2 Å². The molecule has 1 heterocycles. The van der Waals surface area contributed by atoms with Crippen molar-refractivity contribution in [1.29, 1.82) is 0 Å². The summed E-state index contributed by atoms with van der Waals surface area (Å²) in [5, 5.41) is 11.4. The zero-order valence-corrected chi connectivity index (χ0v) is 18.8. The first kappa shape index (κ1) is 23.9. The van der Waals surface area contributed by atoms with E-state index in [0.717, 1.165) is 24.1 Å². The number of alkyl halides is 3. The van der Waals surface area contributed by atoms with Crippen molar-refractivity contribution < 1.29 is 62.1 Å². The number of benzene rings is 2. The van der Waals surface area contributed by atoms with Crippen molar-refractivity contribution in [2.75, 3.05) is 0 Å². The minimum atomic E-state index is -4.94. The number of carboxylic acid groups (broad SMARTS) is 1. The molecule has 2 aromatic carbocycles. The average Bonchev–Trinajstić information content (AvgIpc) is 2.62. The van der Waals surface area contributed by atoms with E-state index in [1.54, 1.807) is 18.2 Å². The first-order chi connectivity index (χ1) is 13.1. The largest absolute Gasteiger partial charge is 1.00 e. The molecule has 0 aromatic heterocycles. The van der Waals surface area contributed by atoms with Gasteiger partial charge in [-0.1, -0.05) is 36.2 Å². The number of rotatable bonds is 4. The van der Waals surface area contributed by atoms with Crippen LogP contribution in [0.1, 0.15) is 18.1 Å². The minimum absolute atomic E-state index is 0. The van der Waals surface area contributed by atoms with Crippen molar-refractivity contribution >= 4 is 35.2 Å². The molecule has 0 spiro atoms. The molecule has 10 heteroatoms. The van der Waals surface area contributed by atoms with Crippen molar-refractivity contribution in [2.45, 2.75) is 25.6 Å². The van der Waals surface area contributed by atoms with Gasteiger partial charge in [0.1, 0.15) is 17.2 Å². The van der Waals surface area contributed by atoms with E-state index >= 15 is 0 Å². The molecule has 0 N–H and O–H groups in total. The number of hydrogen-bond acceptors (Lipinski definition) is 4. The van der Waals surface area contributed by atoms with Gasteiger partial charge < -0.3 is 19.4 Å². The van der Waals surface area contributed by atoms with Crippen LogP contribution in [0.2, 0.25) is 10.0 Å². The number of carbonyl (C=O) groups excluding carboxylic acids is 1. The van der Waals surface area contributed by atoms with Gasteiger partial charge in [0.15, 0.2) is 0 Å². The predicted octanol–water partition coefficient (Wildman–Crippen LogP) is 1.81. The third kappa shape index (κ3) is 5.22. The Morgan fingerprint density at radius 1 is 1.17 bits per heavy atom. The number of aryl methyl sites for hydroxylation is 1. The monoisotopic (exact) mass is 454 g/mol. The Morgan fingerprint density at radius 3 is 2.38 bits per heavy atom. The summed E-state index contributed by atoms with van der Waals surface area (Å²) in [5.74, 6) is -1.94. The van der Waals surface area contributed by atoms with Crippen molar-refractivity contribution in [3.05, 3.63) is 57.1 Å². The second kappa shape index (κ2) is 9.18. The molecule has 29 heavy (non-hydrogen) atoms. The first-order valence-corrected chi connectivity index (χ1v) is 8.82. The number of hydrogen-bond donors (Lipinski definition) is 0. The zero-order valence-electron chi connectivity index (χ0n) is 15.3. The quantitative estimate of drug-likeness (QED) is 0.661. The number of halogens is 5. The van der Waals surface area contributed by atoms with E-state index in [2.05, 4.69) is 0 Å². The van der Waals surface area contributed by atoms with Crippen LogP contribution in [0.4, 0.5) is 13.2 Å². The SMILES string of the molecule is CCc1ccc(Oc2cc3c(cc2Cl)C=C(C(=O)[O-])C(C(F)(F)F)O3)c(Cl)c1.[Na+]. The summed E-state index contributed by atoms with van der Waals surface area (Å²) in [6.07, 6.45) is -6.01. The second-order valence-electron chi connectivity index (χ2n) is 5.97. The van der Waals surface area contributed by atoms with E-state index in [4.69, 9.17) is 32.7 Å². The van der Waals surface area contributed by atoms with E-state index in [0.29, 0.717) is 5.02 Å². The third-order valence-electron chi connectivity index (χ3n) is 4.06. The van der Waals surface area contributed by atoms with Crippen LogP contribution >= 0.6 is 23.2 Å². The van der Waals surface area contributed by atoms with Crippen LogP contribution in [-0.4, -0.2) is 18.2 Å². The van der Waals surface area contributed by atoms with E-state index in [-0.39, 0.29) is 57.4 Å². The summed E-state index contributed by atoms with van der Waals surface area (Å²) < 4.78 is 50.0. The Labute approximate surface area is 196 Å². The summed E-state index contributed by atoms with van der Waals surface area (Å²) in [4.78, 5) is 11.1. The maximum Gasteiger partial charge on any atom is 1.00 e. The fraction of sp³-hybridized carbons (Fsp3) is 0.211. The average molecular weight is 455 g/mol. The second-order valence-corrected chi connectivity index (χ2v) is 6.78. The van der Waals surface area contributed by atoms with Crippen LogP contribution in [-0.2, 0) is 11.2 Å². The molecule has 2 aromatic rings. The number of carboxylic acids is 1. The summed E-state index contributed by atoms with van der Waals surface area (Å²) in [6.45, 7) is 1.95. The van der Waals surface area contributed by atoms with Crippen LogP contribution in [0.3, 0.4) is 0 Å². The van der Waals surface area contributed by atoms with Crippen LogP contribution in [0.5, 0.6) is 17.2 Å². The number of ether oxygens (including phenoxy) is 2. The molecule has 4 nitrogen and oxygen atoms in total. The molecular weight excluding hydrogens is 443 g/mol. The molecule has 1 aliphatic rings. The van der Waals surface area contributed by atoms with Gasteiger partial charge in [0.2, 0.25) is 6.10 Å². The summed E-state index contributed by atoms with van der Waals surface area (Å²) in [7, 11) is 0. The molecule has 0 saturated carbocycles. The molecular formula is C19H12Cl2F3NaO4. The van der Waals surface area contributed by atoms with Gasteiger partial charge in [-0.2, -0.15) is 13.2 Å². The van der Waals surface area contributed by atoms with E-state index in [1.807, 2.05) is 6.92 Å². The molecule has 0 bridgehead atoms. The van der Waals surface area contributed by atoms with Gasteiger partial charge >= 0.3 is 35.7 Å². The van der Waals surface area contributed by atoms with Gasteiger partial charge in [-0.15, -0.1) is 0 Å². The van der Waals surface area contributed by atoms with Crippen LogP contribution in [0.15, 0.2) is 35.9 Å². The van der Waals surface area contributed by atoms with Gasteiger partial charge in [-0.25, -0.2) is 0 Å². The number of aliphatic carboxylic acids is 1. The van der Waals surface area contributed by atoms with Crippen LogP contribution in [0, 0.1) is 0 Å². The van der Waals surface area contributed by atoms with Gasteiger partial charge in [-0.3, -0.25) is 0 Å². The molecule has 0 saturated heterocycles. The van der Waals surface area contributed by atoms with Crippen molar-refractivity contribution in [3.63, 3.8) is 0 Å².